The number of aliphatic hydroxyl groups excluding tert-OH is 1. The second-order valence-electron chi connectivity index (χ2n) is 3.40. The van der Waals surface area contributed by atoms with Gasteiger partial charge >= 0.3 is 0 Å². The van der Waals surface area contributed by atoms with Gasteiger partial charge in [0.25, 0.3) is 0 Å². The molecule has 0 atom stereocenters. The summed E-state index contributed by atoms with van der Waals surface area (Å²) >= 11 is 8.31. The first-order valence-corrected chi connectivity index (χ1v) is 8.50. The van der Waals surface area contributed by atoms with Crippen molar-refractivity contribution in [2.75, 3.05) is 0 Å². The second-order valence-corrected chi connectivity index (χ2v) is 7.93. The van der Waals surface area contributed by atoms with Gasteiger partial charge in [-0.25, -0.2) is 13.1 Å². The van der Waals surface area contributed by atoms with Gasteiger partial charge in [0.15, 0.2) is 0 Å². The Morgan fingerprint density at radius 3 is 2.72 bits per heavy atom. The smallest absolute Gasteiger partial charge is 0.242 e. The van der Waals surface area contributed by atoms with Crippen LogP contribution in [0, 0.1) is 0 Å². The topological polar surface area (TPSA) is 66.4 Å². The van der Waals surface area contributed by atoms with Gasteiger partial charge in [0, 0.05) is 16.3 Å². The molecule has 0 bridgehead atoms. The van der Waals surface area contributed by atoms with Crippen LogP contribution < -0.4 is 4.72 Å². The first-order chi connectivity index (χ1) is 8.53. The van der Waals surface area contributed by atoms with E-state index in [0.717, 1.165) is 4.88 Å². The summed E-state index contributed by atoms with van der Waals surface area (Å²) in [6.07, 6.45) is 0. The highest BCUT2D eigenvalue weighted by molar-refractivity contribution is 7.89. The van der Waals surface area contributed by atoms with Crippen molar-refractivity contribution >= 4 is 44.3 Å². The van der Waals surface area contributed by atoms with Crippen molar-refractivity contribution in [3.63, 3.8) is 0 Å². The Morgan fingerprint density at radius 1 is 1.33 bits per heavy atom. The predicted octanol–water partition coefficient (Wildman–Crippen LogP) is 2.43. The lowest BCUT2D eigenvalue weighted by atomic mass is 10.5. The van der Waals surface area contributed by atoms with E-state index in [2.05, 4.69) is 4.72 Å². The highest BCUT2D eigenvalue weighted by atomic mass is 35.5. The molecule has 2 heterocycles. The maximum Gasteiger partial charge on any atom is 0.242 e. The van der Waals surface area contributed by atoms with E-state index in [0.29, 0.717) is 9.21 Å². The molecule has 18 heavy (non-hydrogen) atoms. The summed E-state index contributed by atoms with van der Waals surface area (Å²) in [6, 6.07) is 4.98. The molecule has 0 aliphatic carbocycles. The molecule has 2 N–H and O–H groups in total. The Morgan fingerprint density at radius 2 is 2.11 bits per heavy atom. The summed E-state index contributed by atoms with van der Waals surface area (Å²) in [5, 5.41) is 10.7. The fourth-order valence-electron chi connectivity index (χ4n) is 1.37. The van der Waals surface area contributed by atoms with Crippen LogP contribution in [0.25, 0.3) is 0 Å². The van der Waals surface area contributed by atoms with Crippen LogP contribution in [0.4, 0.5) is 0 Å². The third-order valence-electron chi connectivity index (χ3n) is 2.20. The van der Waals surface area contributed by atoms with E-state index in [4.69, 9.17) is 16.7 Å². The van der Waals surface area contributed by atoms with Crippen molar-refractivity contribution in [1.29, 1.82) is 0 Å². The van der Waals surface area contributed by atoms with Crippen molar-refractivity contribution in [1.82, 2.24) is 4.72 Å². The Kier molecular flexibility index (Phi) is 4.41. The molecule has 0 aromatic carbocycles. The lowest BCUT2D eigenvalue weighted by Crippen LogP contribution is -2.23. The number of thiophene rings is 2. The monoisotopic (exact) mass is 323 g/mol. The average molecular weight is 324 g/mol. The number of hydrogen-bond donors (Lipinski definition) is 2. The summed E-state index contributed by atoms with van der Waals surface area (Å²) in [5.74, 6) is 0. The van der Waals surface area contributed by atoms with Crippen molar-refractivity contribution in [2.45, 2.75) is 18.0 Å². The zero-order valence-corrected chi connectivity index (χ0v) is 12.3. The van der Waals surface area contributed by atoms with Crippen molar-refractivity contribution in [3.8, 4) is 0 Å². The normalized spacial score (nSPS) is 11.9. The maximum absolute atomic E-state index is 12.0. The summed E-state index contributed by atoms with van der Waals surface area (Å²) in [4.78, 5) is 1.41. The van der Waals surface area contributed by atoms with Crippen molar-refractivity contribution in [3.05, 3.63) is 37.7 Å². The zero-order valence-electron chi connectivity index (χ0n) is 9.09. The first-order valence-electron chi connectivity index (χ1n) is 4.94. The van der Waals surface area contributed by atoms with Crippen LogP contribution in [-0.4, -0.2) is 13.5 Å². The molecule has 0 saturated carbocycles. The summed E-state index contributed by atoms with van der Waals surface area (Å²) in [5.41, 5.74) is 0. The SMILES string of the molecule is O=S(=O)(NCc1ccc(Cl)s1)c1ccsc1CO. The lowest BCUT2D eigenvalue weighted by Gasteiger charge is -2.05. The van der Waals surface area contributed by atoms with Gasteiger partial charge in [0.1, 0.15) is 0 Å². The Balaban J connectivity index is 2.13. The fourth-order valence-corrected chi connectivity index (χ4v) is 4.79. The third-order valence-corrected chi connectivity index (χ3v) is 5.95. The number of halogens is 1. The molecule has 2 aromatic heterocycles. The molecular formula is C10H10ClNO3S3. The van der Waals surface area contributed by atoms with Crippen LogP contribution in [-0.2, 0) is 23.2 Å². The van der Waals surface area contributed by atoms with Crippen LogP contribution in [0.2, 0.25) is 4.34 Å². The molecular weight excluding hydrogens is 314 g/mol. The van der Waals surface area contributed by atoms with Crippen LogP contribution in [0.1, 0.15) is 9.75 Å². The minimum Gasteiger partial charge on any atom is -0.391 e. The number of rotatable bonds is 5. The van der Waals surface area contributed by atoms with Crippen molar-refractivity contribution in [2.24, 2.45) is 0 Å². The Bertz CT molecular complexity index is 632. The number of aliphatic hydroxyl groups is 1. The van der Waals surface area contributed by atoms with E-state index >= 15 is 0 Å². The third kappa shape index (κ3) is 3.11. The van der Waals surface area contributed by atoms with Gasteiger partial charge < -0.3 is 5.11 Å². The van der Waals surface area contributed by atoms with Crippen LogP contribution >= 0.6 is 34.3 Å². The minimum absolute atomic E-state index is 0.137. The van der Waals surface area contributed by atoms with E-state index in [-0.39, 0.29) is 18.0 Å². The highest BCUT2D eigenvalue weighted by Gasteiger charge is 2.19. The van der Waals surface area contributed by atoms with Gasteiger partial charge in [-0.05, 0) is 23.6 Å². The molecule has 0 aliphatic heterocycles. The van der Waals surface area contributed by atoms with Crippen LogP contribution in [0.3, 0.4) is 0 Å². The quantitative estimate of drug-likeness (QED) is 0.888. The molecule has 98 valence electrons. The number of nitrogens with one attached hydrogen (secondary N) is 1. The van der Waals surface area contributed by atoms with E-state index < -0.39 is 10.0 Å². The van der Waals surface area contributed by atoms with E-state index in [1.165, 1.54) is 28.7 Å². The molecule has 4 nitrogen and oxygen atoms in total. The maximum atomic E-state index is 12.0. The van der Waals surface area contributed by atoms with E-state index in [1.807, 2.05) is 0 Å². The van der Waals surface area contributed by atoms with Gasteiger partial charge in [0.2, 0.25) is 10.0 Å². The number of hydrogen-bond acceptors (Lipinski definition) is 5. The first kappa shape index (κ1) is 14.0. The van der Waals surface area contributed by atoms with Crippen molar-refractivity contribution < 1.29 is 13.5 Å². The molecule has 0 amide bonds. The Hall–Kier alpha value is -0.440. The molecule has 0 unspecified atom stereocenters. The van der Waals surface area contributed by atoms with Crippen LogP contribution in [0.5, 0.6) is 0 Å². The fraction of sp³-hybridized carbons (Fsp3) is 0.200. The van der Waals surface area contributed by atoms with Crippen LogP contribution in [0.15, 0.2) is 28.5 Å². The highest BCUT2D eigenvalue weighted by Crippen LogP contribution is 2.24. The van der Waals surface area contributed by atoms with Gasteiger partial charge in [0.05, 0.1) is 15.8 Å². The van der Waals surface area contributed by atoms with E-state index in [1.54, 1.807) is 17.5 Å². The molecule has 0 fully saturated rings. The van der Waals surface area contributed by atoms with Gasteiger partial charge in [-0.15, -0.1) is 22.7 Å². The summed E-state index contributed by atoms with van der Waals surface area (Å²) in [7, 11) is -3.58. The van der Waals surface area contributed by atoms with Gasteiger partial charge in [-0.1, -0.05) is 11.6 Å². The summed E-state index contributed by atoms with van der Waals surface area (Å²) < 4.78 is 27.1. The largest absolute Gasteiger partial charge is 0.391 e. The molecule has 0 spiro atoms. The standard InChI is InChI=1S/C10H10ClNO3S3/c11-10-2-1-7(17-10)5-12-18(14,15)9-3-4-16-8(9)6-13/h1-4,12-13H,5-6H2. The minimum atomic E-state index is -3.58. The molecule has 2 rings (SSSR count). The molecule has 8 heteroatoms. The second kappa shape index (κ2) is 5.68. The number of sulfonamides is 1. The van der Waals surface area contributed by atoms with E-state index in [9.17, 15) is 8.42 Å². The molecule has 0 radical (unpaired) electrons. The zero-order chi connectivity index (χ0) is 13.2. The van der Waals surface area contributed by atoms with Gasteiger partial charge in [-0.3, -0.25) is 0 Å². The molecule has 2 aromatic rings. The molecule has 0 saturated heterocycles. The summed E-state index contributed by atoms with van der Waals surface area (Å²) in [6.45, 7) is -0.0842. The predicted molar refractivity (Wildman–Crippen MR) is 73.6 cm³/mol. The Labute approximate surface area is 118 Å². The average Bonchev–Trinajstić information content (AvgIpc) is 2.95. The van der Waals surface area contributed by atoms with Gasteiger partial charge in [-0.2, -0.15) is 0 Å². The molecule has 0 aliphatic rings. The lowest BCUT2D eigenvalue weighted by molar-refractivity contribution is 0.282.